The Morgan fingerprint density at radius 2 is 1.00 bits per heavy atom. The Balaban J connectivity index is 3.53. The summed E-state index contributed by atoms with van der Waals surface area (Å²) in [6.45, 7) is 5.42. The predicted octanol–water partition coefficient (Wildman–Crippen LogP) is -1.36. The van der Waals surface area contributed by atoms with Crippen molar-refractivity contribution in [2.24, 2.45) is 0 Å². The van der Waals surface area contributed by atoms with E-state index in [-0.39, 0.29) is 13.2 Å². The zero-order chi connectivity index (χ0) is 22.4. The van der Waals surface area contributed by atoms with E-state index in [1.54, 1.807) is 20.8 Å². The van der Waals surface area contributed by atoms with Crippen molar-refractivity contribution in [2.75, 3.05) is 13.2 Å². The minimum Gasteiger partial charge on any atom is -0.465 e. The molecule has 0 aliphatic rings. The lowest BCUT2D eigenvalue weighted by Crippen LogP contribution is -2.56. The number of hydrogen-bond donors (Lipinski definition) is 0. The van der Waals surface area contributed by atoms with Crippen molar-refractivity contribution in [2.45, 2.75) is 59.9 Å². The lowest BCUT2D eigenvalue weighted by atomic mass is 10.2. The fourth-order valence-corrected chi connectivity index (χ4v) is 2.26. The van der Waals surface area contributed by atoms with Gasteiger partial charge in [0.25, 0.3) is 0 Å². The van der Waals surface area contributed by atoms with Crippen LogP contribution in [0.15, 0.2) is 14.4 Å². The molecule has 1 rings (SSSR count). The number of nitrogens with zero attached hydrogens (tertiary/aromatic N) is 3. The molecule has 0 aliphatic carbocycles. The summed E-state index contributed by atoms with van der Waals surface area (Å²) in [4.78, 5) is 73.3. The molecule has 0 atom stereocenters. The zero-order valence-electron chi connectivity index (χ0n) is 17.1. The van der Waals surface area contributed by atoms with E-state index in [0.717, 1.165) is 0 Å². The molecule has 0 radical (unpaired) electrons. The lowest BCUT2D eigenvalue weighted by molar-refractivity contribution is -0.155. The molecule has 29 heavy (non-hydrogen) atoms. The van der Waals surface area contributed by atoms with Crippen molar-refractivity contribution in [3.63, 3.8) is 0 Å². The monoisotopic (exact) mass is 415 g/mol. The Kier molecular flexibility index (Phi) is 8.10. The van der Waals surface area contributed by atoms with Crippen molar-refractivity contribution in [1.29, 1.82) is 0 Å². The molecular weight excluding hydrogens is 390 g/mol. The van der Waals surface area contributed by atoms with Crippen LogP contribution in [0, 0.1) is 0 Å². The van der Waals surface area contributed by atoms with Gasteiger partial charge in [0.2, 0.25) is 0 Å². The zero-order valence-corrected chi connectivity index (χ0v) is 17.1. The fourth-order valence-electron chi connectivity index (χ4n) is 2.26. The highest BCUT2D eigenvalue weighted by molar-refractivity contribution is 5.70. The van der Waals surface area contributed by atoms with Crippen molar-refractivity contribution in [3.05, 3.63) is 31.5 Å². The quantitative estimate of drug-likeness (QED) is 0.371. The summed E-state index contributed by atoms with van der Waals surface area (Å²) in [6, 6.07) is 0. The van der Waals surface area contributed by atoms with E-state index in [4.69, 9.17) is 14.2 Å². The van der Waals surface area contributed by atoms with E-state index in [2.05, 4.69) is 0 Å². The largest absolute Gasteiger partial charge is 0.465 e. The number of carbonyl (C=O) groups is 3. The number of aromatic nitrogens is 3. The fraction of sp³-hybridized carbons (Fsp3) is 0.647. The maximum Gasteiger partial charge on any atom is 0.337 e. The second kappa shape index (κ2) is 9.85. The smallest absolute Gasteiger partial charge is 0.337 e. The number of ether oxygens (including phenoxy) is 3. The average molecular weight is 415 g/mol. The molecule has 162 valence electrons. The van der Waals surface area contributed by atoms with Gasteiger partial charge in [0.05, 0.1) is 13.2 Å². The van der Waals surface area contributed by atoms with E-state index in [1.165, 1.54) is 13.8 Å². The molecular formula is C17H25N3O9. The van der Waals surface area contributed by atoms with Crippen LogP contribution in [-0.2, 0) is 48.2 Å². The summed E-state index contributed by atoms with van der Waals surface area (Å²) in [7, 11) is 0. The minimum atomic E-state index is -1.21. The third-order valence-electron chi connectivity index (χ3n) is 3.28. The van der Waals surface area contributed by atoms with Gasteiger partial charge in [0, 0.05) is 0 Å². The van der Waals surface area contributed by atoms with Gasteiger partial charge in [-0.3, -0.25) is 14.4 Å². The summed E-state index contributed by atoms with van der Waals surface area (Å²) >= 11 is 0. The first-order valence-electron chi connectivity index (χ1n) is 8.88. The summed E-state index contributed by atoms with van der Waals surface area (Å²) < 4.78 is 15.7. The molecule has 0 saturated heterocycles. The lowest BCUT2D eigenvalue weighted by Gasteiger charge is -2.20. The van der Waals surface area contributed by atoms with Gasteiger partial charge in [0.15, 0.2) is 0 Å². The van der Waals surface area contributed by atoms with Crippen LogP contribution in [0.5, 0.6) is 0 Å². The van der Waals surface area contributed by atoms with Crippen molar-refractivity contribution < 1.29 is 28.6 Å². The van der Waals surface area contributed by atoms with Gasteiger partial charge >= 0.3 is 35.0 Å². The molecule has 0 unspecified atom stereocenters. The molecule has 1 heterocycles. The van der Waals surface area contributed by atoms with Crippen LogP contribution in [0.3, 0.4) is 0 Å². The Morgan fingerprint density at radius 1 is 0.690 bits per heavy atom. The Hall–Kier alpha value is -3.18. The van der Waals surface area contributed by atoms with Gasteiger partial charge in [-0.1, -0.05) is 0 Å². The summed E-state index contributed by atoms with van der Waals surface area (Å²) in [5.41, 5.74) is -4.51. The number of carbonyl (C=O) groups excluding carboxylic acids is 3. The molecule has 0 spiro atoms. The predicted molar refractivity (Wildman–Crippen MR) is 98.3 cm³/mol. The molecule has 0 amide bonds. The van der Waals surface area contributed by atoms with E-state index in [0.29, 0.717) is 13.7 Å². The van der Waals surface area contributed by atoms with Crippen LogP contribution in [0.25, 0.3) is 0 Å². The summed E-state index contributed by atoms with van der Waals surface area (Å²) in [5, 5.41) is 0. The van der Waals surface area contributed by atoms with E-state index in [1.807, 2.05) is 0 Å². The van der Waals surface area contributed by atoms with Gasteiger partial charge < -0.3 is 14.2 Å². The first-order chi connectivity index (χ1) is 13.4. The average Bonchev–Trinajstić information content (AvgIpc) is 2.58. The topological polar surface area (TPSA) is 145 Å². The van der Waals surface area contributed by atoms with Crippen molar-refractivity contribution >= 4 is 17.9 Å². The maximum atomic E-state index is 12.6. The first-order valence-corrected chi connectivity index (χ1v) is 8.88. The van der Waals surface area contributed by atoms with Gasteiger partial charge in [-0.15, -0.1) is 0 Å². The van der Waals surface area contributed by atoms with Crippen molar-refractivity contribution in [1.82, 2.24) is 13.7 Å². The molecule has 12 heteroatoms. The van der Waals surface area contributed by atoms with Gasteiger partial charge in [-0.05, 0) is 34.6 Å². The van der Waals surface area contributed by atoms with Crippen molar-refractivity contribution in [3.8, 4) is 0 Å². The first kappa shape index (κ1) is 23.9. The Morgan fingerprint density at radius 3 is 1.28 bits per heavy atom. The van der Waals surface area contributed by atoms with Crippen LogP contribution in [0.4, 0.5) is 0 Å². The second-order valence-electron chi connectivity index (χ2n) is 6.80. The Bertz CT molecular complexity index is 889. The minimum absolute atomic E-state index is 0.00213. The molecule has 0 aromatic carbocycles. The van der Waals surface area contributed by atoms with Crippen LogP contribution in [0.2, 0.25) is 0 Å². The standard InChI is InChI=1S/C17H25N3O9/c1-6-27-11(21)8-18-14(24)19(9-12(22)28-7-2)16(26)20(15(18)25)10-13(23)29-17(3,4)5/h6-10H2,1-5H3. The molecule has 0 N–H and O–H groups in total. The molecule has 0 bridgehead atoms. The number of hydrogen-bond acceptors (Lipinski definition) is 9. The molecule has 0 fully saturated rings. The van der Waals surface area contributed by atoms with Crippen LogP contribution >= 0.6 is 0 Å². The van der Waals surface area contributed by atoms with E-state index in [9.17, 15) is 28.8 Å². The van der Waals surface area contributed by atoms with Gasteiger partial charge in [0.1, 0.15) is 25.2 Å². The summed E-state index contributed by atoms with van der Waals surface area (Å²) in [6.07, 6.45) is 0. The highest BCUT2D eigenvalue weighted by Gasteiger charge is 2.23. The van der Waals surface area contributed by atoms with E-state index < -0.39 is 60.2 Å². The number of esters is 3. The molecule has 0 saturated carbocycles. The highest BCUT2D eigenvalue weighted by atomic mass is 16.6. The van der Waals surface area contributed by atoms with E-state index >= 15 is 0 Å². The maximum absolute atomic E-state index is 12.6. The second-order valence-corrected chi connectivity index (χ2v) is 6.80. The summed E-state index contributed by atoms with van der Waals surface area (Å²) in [5.74, 6) is -2.73. The van der Waals surface area contributed by atoms with Gasteiger partial charge in [-0.2, -0.15) is 0 Å². The van der Waals surface area contributed by atoms with Crippen LogP contribution < -0.4 is 17.1 Å². The molecule has 0 aliphatic heterocycles. The number of rotatable bonds is 8. The SMILES string of the molecule is CCOC(=O)Cn1c(=O)n(CC(=O)OCC)c(=O)n(CC(=O)OC(C)(C)C)c1=O. The normalized spacial score (nSPS) is 11.1. The van der Waals surface area contributed by atoms with Gasteiger partial charge in [-0.25, -0.2) is 28.1 Å². The third kappa shape index (κ3) is 6.73. The van der Waals surface area contributed by atoms with Crippen LogP contribution in [-0.4, -0.2) is 50.4 Å². The highest BCUT2D eigenvalue weighted by Crippen LogP contribution is 2.06. The third-order valence-corrected chi connectivity index (χ3v) is 3.28. The van der Waals surface area contributed by atoms with Crippen LogP contribution in [0.1, 0.15) is 34.6 Å². The molecule has 12 nitrogen and oxygen atoms in total. The Labute approximate surface area is 165 Å². The molecule has 1 aromatic rings. The molecule has 1 aromatic heterocycles.